The zero-order valence-corrected chi connectivity index (χ0v) is 32.1. The van der Waals surface area contributed by atoms with Gasteiger partial charge in [-0.25, -0.2) is 0 Å². The third-order valence-electron chi connectivity index (χ3n) is 11.3. The van der Waals surface area contributed by atoms with Gasteiger partial charge in [0, 0.05) is 38.2 Å². The first-order chi connectivity index (χ1) is 30.7. The average molecular weight is 898 g/mol. The van der Waals surface area contributed by atoms with Crippen LogP contribution in [0.15, 0.2) is 0 Å². The molecule has 326 valence electrons. The topological polar surface area (TPSA) is 445 Å². The summed E-state index contributed by atoms with van der Waals surface area (Å²) < 4.78 is 0. The van der Waals surface area contributed by atoms with Gasteiger partial charge in [0.25, 0.3) is 0 Å². The molecule has 0 heterocycles. The Labute approximate surface area is 367 Å². The lowest BCUT2D eigenvalue weighted by Crippen LogP contribution is -2.32. The molecule has 0 bridgehead atoms. The fourth-order valence-electron chi connectivity index (χ4n) is 8.21. The third kappa shape index (κ3) is 4.93. The number of phenolic OH excluding ortho intramolecular Hbond substituents is 22. The fraction of sp³-hybridized carbons (Fsp3) is 0. The van der Waals surface area contributed by atoms with E-state index in [1.165, 1.54) is 0 Å². The summed E-state index contributed by atoms with van der Waals surface area (Å²) >= 11 is 0. The molecule has 0 aromatic heterocycles. The summed E-state index contributed by atoms with van der Waals surface area (Å²) in [6, 6.07) is 0. The Bertz CT molecular complexity index is 3670. The van der Waals surface area contributed by atoms with Crippen molar-refractivity contribution in [3.63, 3.8) is 0 Å². The van der Waals surface area contributed by atoms with Crippen molar-refractivity contribution in [2.75, 3.05) is 0 Å². The van der Waals surface area contributed by atoms with E-state index in [0.717, 1.165) is 0 Å². The summed E-state index contributed by atoms with van der Waals surface area (Å²) in [5, 5.41) is 234. The van der Waals surface area contributed by atoms with Crippen LogP contribution in [0.2, 0.25) is 0 Å². The molecule has 0 amide bonds. The number of hydrogen-bond donors (Lipinski definition) is 22. The second kappa shape index (κ2) is 13.6. The van der Waals surface area contributed by atoms with Crippen LogP contribution >= 0.6 is 0 Å². The van der Waals surface area contributed by atoms with Crippen LogP contribution in [-0.2, 0) is 0 Å². The Kier molecular flexibility index (Phi) is 8.91. The first-order valence-electron chi connectivity index (χ1n) is 17.8. The van der Waals surface area contributed by atoms with Gasteiger partial charge in [-0.05, 0) is 10.8 Å². The maximum Gasteiger partial charge on any atom is 0.205 e. The predicted molar refractivity (Wildman–Crippen MR) is 231 cm³/mol. The number of hydrogen-bond acceptors (Lipinski definition) is 22. The van der Waals surface area contributed by atoms with Gasteiger partial charge in [0.05, 0.1) is 32.8 Å². The molecule has 26 heteroatoms. The highest BCUT2D eigenvalue weighted by atomic mass is 16.4. The fourth-order valence-corrected chi connectivity index (χ4v) is 8.21. The number of fused-ring (bicyclic) bond motifs is 5. The summed E-state index contributed by atoms with van der Waals surface area (Å²) in [5.41, 5.74) is -11.1. The molecule has 8 rings (SSSR count). The zero-order valence-electron chi connectivity index (χ0n) is 32.1. The van der Waals surface area contributed by atoms with E-state index < -0.39 is 225 Å². The van der Waals surface area contributed by atoms with Gasteiger partial charge in [0.15, 0.2) is 74.7 Å². The summed E-state index contributed by atoms with van der Waals surface area (Å²) in [6.45, 7) is 0. The molecule has 66 heavy (non-hydrogen) atoms. The van der Waals surface area contributed by atoms with Crippen molar-refractivity contribution in [3.8, 4) is 160 Å². The van der Waals surface area contributed by atoms with Gasteiger partial charge in [-0.1, -0.05) is 16.4 Å². The predicted octanol–water partition coefficient (Wildman–Crippen LogP) is -0.00120. The molecule has 22 N–H and O–H groups in total. The molecule has 8 aromatic rings. The number of phenols is 22. The molecule has 8 radical (unpaired) electrons. The van der Waals surface area contributed by atoms with Crippen molar-refractivity contribution in [2.24, 2.45) is 0 Å². The molecule has 0 fully saturated rings. The highest BCUT2D eigenvalue weighted by Crippen LogP contribution is 2.66. The van der Waals surface area contributed by atoms with Crippen LogP contribution in [0.5, 0.6) is 126 Å². The second-order valence-corrected chi connectivity index (χ2v) is 14.6. The van der Waals surface area contributed by atoms with Crippen LogP contribution < -0.4 is 21.9 Å². The van der Waals surface area contributed by atoms with Gasteiger partial charge in [0.1, 0.15) is 54.4 Å². The van der Waals surface area contributed by atoms with E-state index in [9.17, 15) is 112 Å². The van der Waals surface area contributed by atoms with Crippen molar-refractivity contribution >= 4 is 96.3 Å². The maximum absolute atomic E-state index is 12.0. The van der Waals surface area contributed by atoms with Crippen molar-refractivity contribution in [1.29, 1.82) is 0 Å². The number of rotatable bonds is 3. The second-order valence-electron chi connectivity index (χ2n) is 14.6. The lowest BCUT2D eigenvalue weighted by molar-refractivity contribution is 0.348. The van der Waals surface area contributed by atoms with E-state index in [4.69, 9.17) is 31.4 Å². The molecule has 0 aliphatic heterocycles. The third-order valence-corrected chi connectivity index (χ3v) is 11.3. The van der Waals surface area contributed by atoms with E-state index >= 15 is 0 Å². The van der Waals surface area contributed by atoms with E-state index in [-0.39, 0.29) is 0 Å². The molecular weight excluding hydrogens is 876 g/mol. The molecular formula is C40H22B4O22. The van der Waals surface area contributed by atoms with Crippen LogP contribution in [0.3, 0.4) is 0 Å². The summed E-state index contributed by atoms with van der Waals surface area (Å²) in [7, 11) is 24.9. The maximum atomic E-state index is 12.0. The van der Waals surface area contributed by atoms with E-state index in [1.807, 2.05) is 0 Å². The molecule has 8 aromatic carbocycles. The lowest BCUT2D eigenvalue weighted by Gasteiger charge is -2.25. The van der Waals surface area contributed by atoms with Gasteiger partial charge in [-0.15, -0.1) is 0 Å². The summed E-state index contributed by atoms with van der Waals surface area (Å²) in [5.74, 6) is -32.9. The van der Waals surface area contributed by atoms with E-state index in [1.54, 1.807) is 0 Å². The van der Waals surface area contributed by atoms with E-state index in [0.29, 0.717) is 0 Å². The van der Waals surface area contributed by atoms with Crippen LogP contribution in [-0.4, -0.2) is 144 Å². The minimum Gasteiger partial charge on any atom is -0.507 e. The Morgan fingerprint density at radius 3 is 0.909 bits per heavy atom. The van der Waals surface area contributed by atoms with Gasteiger partial charge in [0.2, 0.25) is 28.7 Å². The summed E-state index contributed by atoms with van der Waals surface area (Å²) in [4.78, 5) is 0. The van der Waals surface area contributed by atoms with Crippen LogP contribution in [0.25, 0.3) is 76.5 Å². The largest absolute Gasteiger partial charge is 0.507 e. The van der Waals surface area contributed by atoms with Gasteiger partial charge >= 0.3 is 0 Å². The minimum atomic E-state index is -1.71. The molecule has 0 saturated carbocycles. The quantitative estimate of drug-likeness (QED) is 0.0480. The monoisotopic (exact) mass is 898 g/mol. The SMILES string of the molecule is [B]c1c(-c2c(O)c(O)c3c(O)c(O)c(O)c([B])c3c2O)c(O)c2c(O)c(O)c(-c3c(O)c(O)c(O)c(-c4c(O)c5c(O)c(O)c(O)c(O)c5c5c(O)c(O)c(O)c(O)c45)c3O)c([B])c2c1[B]. The van der Waals surface area contributed by atoms with Gasteiger partial charge in [-0.2, -0.15) is 0 Å². The van der Waals surface area contributed by atoms with Crippen molar-refractivity contribution in [3.05, 3.63) is 0 Å². The first kappa shape index (κ1) is 43.3. The van der Waals surface area contributed by atoms with Crippen molar-refractivity contribution in [1.82, 2.24) is 0 Å². The smallest absolute Gasteiger partial charge is 0.205 e. The normalized spacial score (nSPS) is 11.7. The molecule has 0 atom stereocenters. The van der Waals surface area contributed by atoms with Crippen LogP contribution in [0.1, 0.15) is 0 Å². The molecule has 0 saturated heterocycles. The minimum absolute atomic E-state index is 0.826. The Balaban J connectivity index is 1.53. The van der Waals surface area contributed by atoms with Crippen LogP contribution in [0.4, 0.5) is 0 Å². The Hall–Kier alpha value is -9.34. The van der Waals surface area contributed by atoms with Crippen LogP contribution in [0, 0.1) is 0 Å². The standard InChI is InChI=1S/C40H22B4O22/c41-15-5-11(20(46)7(17(43)16(5)42)13-21(47)8-14(29(55)28(13)54)33(59)36(62)34(60)18(8)44)27(53)26(52)6(15)12-22(48)9(30(56)35(61)32(12)58)3-1-2(24(50)38(64)37(63)23(1)49)4-10(19(3)45)31(57)40(66)39(65)25(4)51/h45-66H. The van der Waals surface area contributed by atoms with Crippen molar-refractivity contribution < 1.29 is 112 Å². The average Bonchev–Trinajstić information content (AvgIpc) is 3.27. The summed E-state index contributed by atoms with van der Waals surface area (Å²) in [6.07, 6.45) is 0. The lowest BCUT2D eigenvalue weighted by atomic mass is 9.68. The first-order valence-corrected chi connectivity index (χ1v) is 17.8. The van der Waals surface area contributed by atoms with Gasteiger partial charge < -0.3 is 112 Å². The number of benzene rings is 8. The zero-order chi connectivity index (χ0) is 49.1. The molecule has 0 aliphatic carbocycles. The van der Waals surface area contributed by atoms with E-state index in [2.05, 4.69) is 0 Å². The number of aromatic hydroxyl groups is 22. The molecule has 0 unspecified atom stereocenters. The van der Waals surface area contributed by atoms with Crippen molar-refractivity contribution in [2.45, 2.75) is 0 Å². The Morgan fingerprint density at radius 2 is 0.409 bits per heavy atom. The molecule has 22 nitrogen and oxygen atoms in total. The Morgan fingerprint density at radius 1 is 0.136 bits per heavy atom. The highest BCUT2D eigenvalue weighted by molar-refractivity contribution is 6.60. The van der Waals surface area contributed by atoms with Gasteiger partial charge in [-0.3, -0.25) is 0 Å². The molecule has 0 spiro atoms. The molecule has 0 aliphatic rings. The highest BCUT2D eigenvalue weighted by Gasteiger charge is 2.38.